The molecule has 1 heterocycles. The molecule has 0 radical (unpaired) electrons. The number of amides is 3. The highest BCUT2D eigenvalue weighted by molar-refractivity contribution is 6.31. The van der Waals surface area contributed by atoms with Crippen LogP contribution in [-0.2, 0) is 11.2 Å². The van der Waals surface area contributed by atoms with Gasteiger partial charge in [0.1, 0.15) is 12.2 Å². The van der Waals surface area contributed by atoms with Crippen LogP contribution in [0.3, 0.4) is 0 Å². The summed E-state index contributed by atoms with van der Waals surface area (Å²) < 4.78 is 5.40. The fraction of sp³-hybridized carbons (Fsp3) is 0.409. The van der Waals surface area contributed by atoms with Crippen LogP contribution in [-0.4, -0.2) is 28.2 Å². The van der Waals surface area contributed by atoms with E-state index in [1.54, 1.807) is 12.1 Å². The Kier molecular flexibility index (Phi) is 8.22. The zero-order chi connectivity index (χ0) is 22.9. The smallest absolute Gasteiger partial charge is 0.404 e. The number of aryl methyl sites for hydroxylation is 1. The van der Waals surface area contributed by atoms with Gasteiger partial charge in [-0.15, -0.1) is 0 Å². The van der Waals surface area contributed by atoms with Crippen LogP contribution in [0.4, 0.5) is 21.1 Å². The fourth-order valence-corrected chi connectivity index (χ4v) is 4.18. The Balaban J connectivity index is 1.56. The van der Waals surface area contributed by atoms with Gasteiger partial charge in [0, 0.05) is 10.7 Å². The summed E-state index contributed by atoms with van der Waals surface area (Å²) in [7, 11) is 0. The maximum atomic E-state index is 12.2. The van der Waals surface area contributed by atoms with E-state index in [2.05, 4.69) is 20.6 Å². The van der Waals surface area contributed by atoms with Crippen LogP contribution >= 0.6 is 11.6 Å². The first-order valence-electron chi connectivity index (χ1n) is 10.5. The van der Waals surface area contributed by atoms with E-state index < -0.39 is 12.1 Å². The van der Waals surface area contributed by atoms with Crippen molar-refractivity contribution in [2.45, 2.75) is 51.0 Å². The van der Waals surface area contributed by atoms with Gasteiger partial charge in [-0.25, -0.2) is 19.6 Å². The zero-order valence-electron chi connectivity index (χ0n) is 17.5. The minimum absolute atomic E-state index is 0.158. The van der Waals surface area contributed by atoms with Crippen molar-refractivity contribution in [2.75, 3.05) is 10.6 Å². The number of urea groups is 1. The summed E-state index contributed by atoms with van der Waals surface area (Å²) in [4.78, 5) is 31.3. The van der Waals surface area contributed by atoms with E-state index in [-0.39, 0.29) is 17.6 Å². The van der Waals surface area contributed by atoms with Crippen molar-refractivity contribution >= 4 is 35.2 Å². The van der Waals surface area contributed by atoms with Gasteiger partial charge in [-0.3, -0.25) is 5.32 Å². The van der Waals surface area contributed by atoms with Crippen LogP contribution < -0.4 is 16.4 Å². The molecule has 3 amide bonds. The molecule has 4 N–H and O–H groups in total. The van der Waals surface area contributed by atoms with Gasteiger partial charge in [-0.05, 0) is 49.3 Å². The molecule has 1 aliphatic rings. The molecule has 1 aromatic heterocycles. The predicted molar refractivity (Wildman–Crippen MR) is 120 cm³/mol. The van der Waals surface area contributed by atoms with Crippen LogP contribution in [0.1, 0.15) is 49.8 Å². The van der Waals surface area contributed by atoms with Crippen molar-refractivity contribution < 1.29 is 14.3 Å². The van der Waals surface area contributed by atoms with Crippen molar-refractivity contribution in [1.29, 1.82) is 5.26 Å². The number of aromatic nitrogens is 2. The number of nitrogens with two attached hydrogens (primary N) is 1. The summed E-state index contributed by atoms with van der Waals surface area (Å²) in [5.74, 6) is 0.539. The largest absolute Gasteiger partial charge is 0.446 e. The van der Waals surface area contributed by atoms with Crippen LogP contribution in [0.2, 0.25) is 5.02 Å². The first-order chi connectivity index (χ1) is 15.4. The monoisotopic (exact) mass is 456 g/mol. The van der Waals surface area contributed by atoms with E-state index in [0.717, 1.165) is 31.2 Å². The molecular formula is C22H25ClN6O3. The first-order valence-corrected chi connectivity index (χ1v) is 10.9. The van der Waals surface area contributed by atoms with Crippen molar-refractivity contribution in [2.24, 2.45) is 11.7 Å². The van der Waals surface area contributed by atoms with Gasteiger partial charge in [0.05, 0.1) is 12.4 Å². The lowest BCUT2D eigenvalue weighted by Gasteiger charge is -2.29. The summed E-state index contributed by atoms with van der Waals surface area (Å²) in [6, 6.07) is 6.58. The number of primary amides is 1. The zero-order valence-corrected chi connectivity index (χ0v) is 18.3. The molecule has 0 aliphatic heterocycles. The standard InChI is InChI=1S/C22H25ClN6O3/c23-18-10-16(28-22(31)29-20-13-26-17(11-24)12-27-20)8-6-14(18)7-9-19(32-21(25)30)15-4-2-1-3-5-15/h6,8,10,12-13,15,19H,1-5,7,9H2,(H2,25,30)(H2,27,28,29,31). The molecule has 0 saturated heterocycles. The Labute approximate surface area is 191 Å². The van der Waals surface area contributed by atoms with Gasteiger partial charge in [0.25, 0.3) is 0 Å². The van der Waals surface area contributed by atoms with E-state index in [1.165, 1.54) is 18.8 Å². The molecule has 1 aromatic carbocycles. The molecule has 9 nitrogen and oxygen atoms in total. The Morgan fingerprint density at radius 1 is 1.22 bits per heavy atom. The summed E-state index contributed by atoms with van der Waals surface area (Å²) in [5.41, 5.74) is 6.84. The normalized spacial score (nSPS) is 14.8. The van der Waals surface area contributed by atoms with Crippen molar-refractivity contribution in [3.8, 4) is 6.07 Å². The number of benzene rings is 1. The van der Waals surface area contributed by atoms with E-state index >= 15 is 0 Å². The molecule has 1 saturated carbocycles. The topological polar surface area (TPSA) is 143 Å². The van der Waals surface area contributed by atoms with Crippen molar-refractivity contribution in [3.63, 3.8) is 0 Å². The Hall–Kier alpha value is -3.38. The highest BCUT2D eigenvalue weighted by Gasteiger charge is 2.26. The number of carbonyl (C=O) groups excluding carboxylic acids is 2. The molecule has 1 atom stereocenters. The van der Waals surface area contributed by atoms with Gasteiger partial charge in [-0.2, -0.15) is 5.26 Å². The van der Waals surface area contributed by atoms with Gasteiger partial charge in [0.15, 0.2) is 11.5 Å². The van der Waals surface area contributed by atoms with Crippen LogP contribution in [0.25, 0.3) is 0 Å². The number of halogens is 1. The molecule has 1 aliphatic carbocycles. The molecule has 10 heteroatoms. The maximum Gasteiger partial charge on any atom is 0.404 e. The lowest BCUT2D eigenvalue weighted by molar-refractivity contribution is 0.0488. The molecule has 32 heavy (non-hydrogen) atoms. The minimum Gasteiger partial charge on any atom is -0.446 e. The van der Waals surface area contributed by atoms with Gasteiger partial charge in [0.2, 0.25) is 0 Å². The summed E-state index contributed by atoms with van der Waals surface area (Å²) in [5, 5.41) is 14.4. The van der Waals surface area contributed by atoms with Gasteiger partial charge >= 0.3 is 12.1 Å². The molecule has 1 unspecified atom stereocenters. The van der Waals surface area contributed by atoms with Crippen molar-refractivity contribution in [1.82, 2.24) is 9.97 Å². The highest BCUT2D eigenvalue weighted by Crippen LogP contribution is 2.31. The quantitative estimate of drug-likeness (QED) is 0.554. The number of nitriles is 1. The van der Waals surface area contributed by atoms with Gasteiger partial charge < -0.3 is 15.8 Å². The van der Waals surface area contributed by atoms with E-state index in [4.69, 9.17) is 27.3 Å². The first kappa shape index (κ1) is 23.3. The number of nitrogens with one attached hydrogen (secondary N) is 2. The SMILES string of the molecule is N#Cc1cnc(NC(=O)Nc2ccc(CCC(OC(N)=O)C3CCCCC3)c(Cl)c2)cn1. The number of anilines is 2. The second-order valence-electron chi connectivity index (χ2n) is 7.70. The lowest BCUT2D eigenvalue weighted by atomic mass is 9.83. The Morgan fingerprint density at radius 3 is 2.62 bits per heavy atom. The van der Waals surface area contributed by atoms with Gasteiger partial charge in [-0.1, -0.05) is 36.9 Å². The Bertz CT molecular complexity index is 986. The molecule has 3 rings (SSSR count). The second-order valence-corrected chi connectivity index (χ2v) is 8.10. The molecule has 1 fully saturated rings. The van der Waals surface area contributed by atoms with E-state index in [0.29, 0.717) is 29.5 Å². The molecule has 0 spiro atoms. The highest BCUT2D eigenvalue weighted by atomic mass is 35.5. The second kappa shape index (κ2) is 11.3. The number of nitrogens with zero attached hydrogens (tertiary/aromatic N) is 3. The Morgan fingerprint density at radius 2 is 2.00 bits per heavy atom. The number of ether oxygens (including phenoxy) is 1. The number of hydrogen-bond acceptors (Lipinski definition) is 6. The van der Waals surface area contributed by atoms with Crippen LogP contribution in [0.5, 0.6) is 0 Å². The number of hydrogen-bond donors (Lipinski definition) is 3. The van der Waals surface area contributed by atoms with E-state index in [1.807, 2.05) is 12.1 Å². The predicted octanol–water partition coefficient (Wildman–Crippen LogP) is 4.62. The third-order valence-electron chi connectivity index (χ3n) is 5.46. The molecule has 0 bridgehead atoms. The minimum atomic E-state index is -0.746. The molecule has 168 valence electrons. The third kappa shape index (κ3) is 6.82. The summed E-state index contributed by atoms with van der Waals surface area (Å²) in [6.07, 6.45) is 8.42. The molecule has 2 aromatic rings. The summed E-state index contributed by atoms with van der Waals surface area (Å²) >= 11 is 6.42. The third-order valence-corrected chi connectivity index (χ3v) is 5.81. The van der Waals surface area contributed by atoms with Crippen molar-refractivity contribution in [3.05, 3.63) is 46.9 Å². The molecular weight excluding hydrogens is 432 g/mol. The average Bonchev–Trinajstić information content (AvgIpc) is 2.78. The summed E-state index contributed by atoms with van der Waals surface area (Å²) in [6.45, 7) is 0. The lowest BCUT2D eigenvalue weighted by Crippen LogP contribution is -2.31. The average molecular weight is 457 g/mol. The fourth-order valence-electron chi connectivity index (χ4n) is 3.90. The van der Waals surface area contributed by atoms with Crippen LogP contribution in [0, 0.1) is 17.2 Å². The number of carbonyl (C=O) groups is 2. The van der Waals surface area contributed by atoms with Crippen LogP contribution in [0.15, 0.2) is 30.6 Å². The number of rotatable bonds is 7. The van der Waals surface area contributed by atoms with E-state index in [9.17, 15) is 9.59 Å². The maximum absolute atomic E-state index is 12.2.